The van der Waals surface area contributed by atoms with Gasteiger partial charge in [0.25, 0.3) is 0 Å². The molecular formula is C13H19BrN2O2S. The molecule has 0 aromatic heterocycles. The van der Waals surface area contributed by atoms with Gasteiger partial charge in [-0.25, -0.2) is 13.1 Å². The molecule has 1 aromatic rings. The fourth-order valence-corrected chi connectivity index (χ4v) is 3.95. The molecule has 0 spiro atoms. The van der Waals surface area contributed by atoms with Crippen LogP contribution in [0.4, 0.5) is 0 Å². The number of benzene rings is 1. The maximum absolute atomic E-state index is 12.0. The van der Waals surface area contributed by atoms with Crippen LogP contribution in [0.2, 0.25) is 0 Å². The lowest BCUT2D eigenvalue weighted by Crippen LogP contribution is -2.42. The third kappa shape index (κ3) is 4.87. The monoisotopic (exact) mass is 346 g/mol. The minimum atomic E-state index is -3.23. The first kappa shape index (κ1) is 15.0. The fourth-order valence-electron chi connectivity index (χ4n) is 2.22. The number of halogens is 1. The molecule has 1 aliphatic rings. The van der Waals surface area contributed by atoms with Gasteiger partial charge in [0.1, 0.15) is 0 Å². The highest BCUT2D eigenvalue weighted by molar-refractivity contribution is 9.10. The average Bonchev–Trinajstić information content (AvgIpc) is 2.38. The Morgan fingerprint density at radius 3 is 2.79 bits per heavy atom. The van der Waals surface area contributed by atoms with Crippen LogP contribution in [0.3, 0.4) is 0 Å². The molecule has 1 heterocycles. The normalized spacial score (nSPS) is 20.4. The van der Waals surface area contributed by atoms with E-state index in [2.05, 4.69) is 26.0 Å². The molecule has 106 valence electrons. The van der Waals surface area contributed by atoms with Crippen molar-refractivity contribution in [3.8, 4) is 0 Å². The van der Waals surface area contributed by atoms with Crippen molar-refractivity contribution in [2.45, 2.75) is 31.8 Å². The predicted octanol–water partition coefficient (Wildman–Crippen LogP) is 2.01. The highest BCUT2D eigenvalue weighted by Gasteiger charge is 2.20. The van der Waals surface area contributed by atoms with E-state index in [0.717, 1.165) is 35.8 Å². The second-order valence-corrected chi connectivity index (χ2v) is 7.55. The van der Waals surface area contributed by atoms with Gasteiger partial charge in [0.2, 0.25) is 10.0 Å². The minimum absolute atomic E-state index is 0.0884. The van der Waals surface area contributed by atoms with E-state index in [0.29, 0.717) is 6.54 Å². The molecule has 0 bridgehead atoms. The van der Waals surface area contributed by atoms with Gasteiger partial charge in [0.05, 0.1) is 5.75 Å². The van der Waals surface area contributed by atoms with Crippen LogP contribution in [0.25, 0.3) is 0 Å². The first-order valence-corrected chi connectivity index (χ1v) is 8.95. The summed E-state index contributed by atoms with van der Waals surface area (Å²) in [5.74, 6) is 0.164. The summed E-state index contributed by atoms with van der Waals surface area (Å²) in [6.07, 6.45) is 3.19. The second kappa shape index (κ2) is 6.83. The smallest absolute Gasteiger partial charge is 0.213 e. The third-order valence-corrected chi connectivity index (χ3v) is 5.47. The minimum Gasteiger partial charge on any atom is -0.313 e. The van der Waals surface area contributed by atoms with Crippen molar-refractivity contribution in [3.63, 3.8) is 0 Å². The van der Waals surface area contributed by atoms with E-state index < -0.39 is 10.0 Å². The number of piperidine rings is 1. The lowest BCUT2D eigenvalue weighted by atomic mass is 10.1. The van der Waals surface area contributed by atoms with Gasteiger partial charge in [-0.15, -0.1) is 0 Å². The van der Waals surface area contributed by atoms with Gasteiger partial charge in [0.15, 0.2) is 0 Å². The van der Waals surface area contributed by atoms with E-state index in [4.69, 9.17) is 0 Å². The number of rotatable bonds is 5. The van der Waals surface area contributed by atoms with Crippen LogP contribution in [0.1, 0.15) is 24.8 Å². The molecule has 19 heavy (non-hydrogen) atoms. The number of nitrogens with one attached hydrogen (secondary N) is 2. The predicted molar refractivity (Wildman–Crippen MR) is 80.4 cm³/mol. The molecule has 1 aliphatic heterocycles. The largest absolute Gasteiger partial charge is 0.313 e. The zero-order valence-corrected chi connectivity index (χ0v) is 13.1. The molecule has 2 rings (SSSR count). The summed E-state index contributed by atoms with van der Waals surface area (Å²) >= 11 is 3.42. The van der Waals surface area contributed by atoms with Crippen LogP contribution in [0, 0.1) is 0 Å². The Hall–Kier alpha value is -0.430. The Kier molecular flexibility index (Phi) is 5.38. The third-order valence-electron chi connectivity index (χ3n) is 3.27. The van der Waals surface area contributed by atoms with Gasteiger partial charge in [-0.3, -0.25) is 0 Å². The van der Waals surface area contributed by atoms with Gasteiger partial charge in [-0.05, 0) is 31.0 Å². The van der Waals surface area contributed by atoms with Gasteiger partial charge < -0.3 is 5.32 Å². The number of hydrogen-bond acceptors (Lipinski definition) is 3. The topological polar surface area (TPSA) is 58.2 Å². The van der Waals surface area contributed by atoms with Crippen molar-refractivity contribution in [1.82, 2.24) is 10.0 Å². The first-order valence-electron chi connectivity index (χ1n) is 6.51. The van der Waals surface area contributed by atoms with Crippen LogP contribution >= 0.6 is 15.9 Å². The molecule has 4 nitrogen and oxygen atoms in total. The van der Waals surface area contributed by atoms with Gasteiger partial charge in [-0.1, -0.05) is 40.5 Å². The highest BCUT2D eigenvalue weighted by Crippen LogP contribution is 2.16. The van der Waals surface area contributed by atoms with Crippen LogP contribution in [0.15, 0.2) is 28.7 Å². The summed E-state index contributed by atoms with van der Waals surface area (Å²) in [5.41, 5.74) is 0.947. The van der Waals surface area contributed by atoms with Crippen LogP contribution in [-0.4, -0.2) is 26.8 Å². The molecule has 1 aromatic carbocycles. The Labute approximate surface area is 123 Å². The quantitative estimate of drug-likeness (QED) is 0.857. The Morgan fingerprint density at radius 1 is 1.32 bits per heavy atom. The van der Waals surface area contributed by atoms with E-state index >= 15 is 0 Å². The molecule has 1 saturated heterocycles. The molecular weight excluding hydrogens is 328 g/mol. The van der Waals surface area contributed by atoms with E-state index in [-0.39, 0.29) is 11.8 Å². The lowest BCUT2D eigenvalue weighted by Gasteiger charge is -2.23. The summed E-state index contributed by atoms with van der Waals surface area (Å²) in [7, 11) is -3.23. The molecule has 0 radical (unpaired) electrons. The maximum atomic E-state index is 12.0. The van der Waals surface area contributed by atoms with E-state index in [1.807, 2.05) is 24.3 Å². The zero-order chi connectivity index (χ0) is 13.7. The Balaban J connectivity index is 1.88. The Morgan fingerprint density at radius 2 is 2.11 bits per heavy atom. The van der Waals surface area contributed by atoms with Crippen molar-refractivity contribution in [2.75, 3.05) is 12.3 Å². The SMILES string of the molecule is O=S(=O)(CC1CCCCN1)NCc1ccccc1Br. The van der Waals surface area contributed by atoms with Crippen molar-refractivity contribution < 1.29 is 8.42 Å². The maximum Gasteiger partial charge on any atom is 0.213 e. The van der Waals surface area contributed by atoms with Gasteiger partial charge >= 0.3 is 0 Å². The molecule has 1 atom stereocenters. The lowest BCUT2D eigenvalue weighted by molar-refractivity contribution is 0.422. The summed E-state index contributed by atoms with van der Waals surface area (Å²) in [4.78, 5) is 0. The van der Waals surface area contributed by atoms with Gasteiger partial charge in [-0.2, -0.15) is 0 Å². The van der Waals surface area contributed by atoms with Crippen LogP contribution < -0.4 is 10.0 Å². The van der Waals surface area contributed by atoms with E-state index in [1.165, 1.54) is 0 Å². The molecule has 0 saturated carbocycles. The van der Waals surface area contributed by atoms with E-state index in [9.17, 15) is 8.42 Å². The Bertz CT molecular complexity index is 513. The molecule has 2 N–H and O–H groups in total. The fraction of sp³-hybridized carbons (Fsp3) is 0.538. The average molecular weight is 347 g/mol. The van der Waals surface area contributed by atoms with Crippen LogP contribution in [-0.2, 0) is 16.6 Å². The summed E-state index contributed by atoms with van der Waals surface area (Å²) in [6, 6.07) is 7.72. The molecule has 1 unspecified atom stereocenters. The van der Waals surface area contributed by atoms with E-state index in [1.54, 1.807) is 0 Å². The molecule has 1 fully saturated rings. The van der Waals surface area contributed by atoms with Gasteiger partial charge in [0, 0.05) is 17.1 Å². The first-order chi connectivity index (χ1) is 9.07. The molecule has 0 aliphatic carbocycles. The molecule has 0 amide bonds. The van der Waals surface area contributed by atoms with Crippen molar-refractivity contribution in [2.24, 2.45) is 0 Å². The summed E-state index contributed by atoms with van der Waals surface area (Å²) in [6.45, 7) is 1.25. The van der Waals surface area contributed by atoms with Crippen molar-refractivity contribution in [3.05, 3.63) is 34.3 Å². The standard InChI is InChI=1S/C13H19BrN2O2S/c14-13-7-2-1-5-11(13)9-16-19(17,18)10-12-6-3-4-8-15-12/h1-2,5,7,12,15-16H,3-4,6,8-10H2. The van der Waals surface area contributed by atoms with Crippen molar-refractivity contribution >= 4 is 26.0 Å². The summed E-state index contributed by atoms with van der Waals surface area (Å²) in [5, 5.41) is 3.26. The second-order valence-electron chi connectivity index (χ2n) is 4.84. The highest BCUT2D eigenvalue weighted by atomic mass is 79.9. The number of hydrogen-bond donors (Lipinski definition) is 2. The molecule has 6 heteroatoms. The summed E-state index contributed by atoms with van der Waals surface area (Å²) < 4.78 is 27.6. The number of sulfonamides is 1. The zero-order valence-electron chi connectivity index (χ0n) is 10.7. The van der Waals surface area contributed by atoms with Crippen LogP contribution in [0.5, 0.6) is 0 Å². The van der Waals surface area contributed by atoms with Crippen molar-refractivity contribution in [1.29, 1.82) is 0 Å².